The van der Waals surface area contributed by atoms with Gasteiger partial charge in [0, 0.05) is 49.9 Å². The van der Waals surface area contributed by atoms with Crippen LogP contribution in [0, 0.1) is 0 Å². The van der Waals surface area contributed by atoms with Gasteiger partial charge < -0.3 is 19.9 Å². The van der Waals surface area contributed by atoms with Crippen molar-refractivity contribution in [1.82, 2.24) is 24.4 Å². The fraction of sp³-hybridized carbons (Fsp3) is 0.458. The molecule has 0 bridgehead atoms. The molecule has 0 saturated carbocycles. The van der Waals surface area contributed by atoms with Crippen LogP contribution in [0.25, 0.3) is 11.0 Å². The monoisotopic (exact) mass is 465 g/mol. The summed E-state index contributed by atoms with van der Waals surface area (Å²) in [7, 11) is 0. The highest BCUT2D eigenvalue weighted by atomic mass is 16.6. The molecule has 0 radical (unpaired) electrons. The van der Waals surface area contributed by atoms with Crippen molar-refractivity contribution in [3.05, 3.63) is 47.0 Å². The standard InChI is InChI=1S/C24H31N7O3/c1-16(2)31-20(32)9-6-17-14-26-22(28-21(17)31)27-19-8-7-18(15-25-19)29-10-12-30(13-11-29)23(33)34-24(3,4)5/h6-9,14-16H,10-13H2,1-5H3,(H,25,26,27,28). The fourth-order valence-electron chi connectivity index (χ4n) is 3.83. The summed E-state index contributed by atoms with van der Waals surface area (Å²) in [5.41, 5.74) is 0.963. The third-order valence-electron chi connectivity index (χ3n) is 5.47. The number of hydrogen-bond donors (Lipinski definition) is 1. The van der Waals surface area contributed by atoms with Crippen molar-refractivity contribution >= 4 is 34.6 Å². The molecule has 1 amide bonds. The molecule has 1 aliphatic heterocycles. The van der Waals surface area contributed by atoms with E-state index in [2.05, 4.69) is 25.2 Å². The second kappa shape index (κ2) is 9.28. The van der Waals surface area contributed by atoms with E-state index in [9.17, 15) is 9.59 Å². The van der Waals surface area contributed by atoms with Crippen LogP contribution in [0.2, 0.25) is 0 Å². The second-order valence-corrected chi connectivity index (χ2v) is 9.59. The Labute approximate surface area is 198 Å². The highest BCUT2D eigenvalue weighted by Crippen LogP contribution is 2.21. The van der Waals surface area contributed by atoms with Gasteiger partial charge in [0.25, 0.3) is 5.56 Å². The van der Waals surface area contributed by atoms with Gasteiger partial charge in [-0.3, -0.25) is 9.36 Å². The molecule has 3 aromatic heterocycles. The highest BCUT2D eigenvalue weighted by molar-refractivity contribution is 5.75. The topological polar surface area (TPSA) is 105 Å². The molecule has 1 N–H and O–H groups in total. The maximum absolute atomic E-state index is 12.3. The maximum atomic E-state index is 12.3. The average molecular weight is 466 g/mol. The number of amides is 1. The molecular weight excluding hydrogens is 434 g/mol. The van der Waals surface area contributed by atoms with Gasteiger partial charge in [0.1, 0.15) is 17.1 Å². The summed E-state index contributed by atoms with van der Waals surface area (Å²) >= 11 is 0. The molecule has 34 heavy (non-hydrogen) atoms. The number of fused-ring (bicyclic) bond motifs is 1. The number of piperazine rings is 1. The third kappa shape index (κ3) is 5.27. The van der Waals surface area contributed by atoms with E-state index >= 15 is 0 Å². The van der Waals surface area contributed by atoms with E-state index in [1.54, 1.807) is 27.9 Å². The number of nitrogens with zero attached hydrogens (tertiary/aromatic N) is 6. The van der Waals surface area contributed by atoms with Crippen LogP contribution in [-0.2, 0) is 4.74 Å². The lowest BCUT2D eigenvalue weighted by molar-refractivity contribution is 0.0240. The van der Waals surface area contributed by atoms with Crippen molar-refractivity contribution in [3.63, 3.8) is 0 Å². The molecule has 0 atom stereocenters. The highest BCUT2D eigenvalue weighted by Gasteiger charge is 2.26. The molecule has 4 rings (SSSR count). The van der Waals surface area contributed by atoms with E-state index in [-0.39, 0.29) is 17.7 Å². The molecule has 1 aliphatic rings. The minimum absolute atomic E-state index is 0.0212. The Hall–Kier alpha value is -3.69. The van der Waals surface area contributed by atoms with Gasteiger partial charge >= 0.3 is 6.09 Å². The van der Waals surface area contributed by atoms with Gasteiger partial charge in [-0.1, -0.05) is 0 Å². The van der Waals surface area contributed by atoms with Crippen LogP contribution in [0.1, 0.15) is 40.7 Å². The first-order chi connectivity index (χ1) is 16.1. The van der Waals surface area contributed by atoms with E-state index < -0.39 is 5.60 Å². The smallest absolute Gasteiger partial charge is 0.410 e. The molecule has 0 unspecified atom stereocenters. The van der Waals surface area contributed by atoms with Crippen LogP contribution in [0.4, 0.5) is 22.2 Å². The molecule has 0 aromatic carbocycles. The normalized spacial score (nSPS) is 14.5. The van der Waals surface area contributed by atoms with Crippen LogP contribution < -0.4 is 15.8 Å². The third-order valence-corrected chi connectivity index (χ3v) is 5.47. The molecule has 10 nitrogen and oxygen atoms in total. The molecule has 1 fully saturated rings. The van der Waals surface area contributed by atoms with Crippen molar-refractivity contribution in [2.75, 3.05) is 36.4 Å². The average Bonchev–Trinajstić information content (AvgIpc) is 2.78. The lowest BCUT2D eigenvalue weighted by Gasteiger charge is -2.36. The number of carbonyl (C=O) groups is 1. The van der Waals surface area contributed by atoms with Gasteiger partial charge in [-0.25, -0.2) is 14.8 Å². The van der Waals surface area contributed by atoms with Crippen molar-refractivity contribution in [1.29, 1.82) is 0 Å². The van der Waals surface area contributed by atoms with Gasteiger partial charge in [-0.15, -0.1) is 0 Å². The summed E-state index contributed by atoms with van der Waals surface area (Å²) in [5, 5.41) is 3.92. The Balaban J connectivity index is 1.42. The Kier molecular flexibility index (Phi) is 6.41. The molecule has 1 saturated heterocycles. The predicted molar refractivity (Wildman–Crippen MR) is 132 cm³/mol. The van der Waals surface area contributed by atoms with Crippen LogP contribution in [0.5, 0.6) is 0 Å². The molecule has 180 valence electrons. The molecular formula is C24H31N7O3. The molecule has 0 aliphatic carbocycles. The number of hydrogen-bond acceptors (Lipinski definition) is 8. The van der Waals surface area contributed by atoms with Gasteiger partial charge in [0.05, 0.1) is 11.9 Å². The van der Waals surface area contributed by atoms with E-state index in [0.29, 0.717) is 43.6 Å². The van der Waals surface area contributed by atoms with Gasteiger partial charge in [0.15, 0.2) is 0 Å². The van der Waals surface area contributed by atoms with Crippen molar-refractivity contribution in [3.8, 4) is 0 Å². The first kappa shape index (κ1) is 23.5. The Morgan fingerprint density at radius 3 is 2.38 bits per heavy atom. The van der Waals surface area contributed by atoms with Crippen molar-refractivity contribution in [2.45, 2.75) is 46.3 Å². The number of ether oxygens (including phenoxy) is 1. The first-order valence-corrected chi connectivity index (χ1v) is 11.4. The van der Waals surface area contributed by atoms with Gasteiger partial charge in [-0.05, 0) is 52.8 Å². The molecule has 10 heteroatoms. The van der Waals surface area contributed by atoms with E-state index in [4.69, 9.17) is 4.74 Å². The van der Waals surface area contributed by atoms with Crippen LogP contribution in [-0.4, -0.2) is 62.3 Å². The fourth-order valence-corrected chi connectivity index (χ4v) is 3.83. The second-order valence-electron chi connectivity index (χ2n) is 9.59. The first-order valence-electron chi connectivity index (χ1n) is 11.4. The summed E-state index contributed by atoms with van der Waals surface area (Å²) in [6.07, 6.45) is 3.21. The minimum atomic E-state index is -0.498. The number of pyridine rings is 2. The zero-order valence-electron chi connectivity index (χ0n) is 20.3. The molecule has 0 spiro atoms. The molecule has 3 aromatic rings. The number of rotatable bonds is 4. The summed E-state index contributed by atoms with van der Waals surface area (Å²) < 4.78 is 7.11. The number of nitrogens with one attached hydrogen (secondary N) is 1. The molecule has 4 heterocycles. The zero-order valence-corrected chi connectivity index (χ0v) is 20.3. The summed E-state index contributed by atoms with van der Waals surface area (Å²) in [5.74, 6) is 0.976. The van der Waals surface area contributed by atoms with E-state index in [0.717, 1.165) is 11.1 Å². The Morgan fingerprint density at radius 2 is 1.76 bits per heavy atom. The lowest BCUT2D eigenvalue weighted by Crippen LogP contribution is -2.50. The van der Waals surface area contributed by atoms with Crippen LogP contribution >= 0.6 is 0 Å². The zero-order chi connectivity index (χ0) is 24.5. The van der Waals surface area contributed by atoms with E-state index in [1.807, 2.05) is 46.8 Å². The number of aromatic nitrogens is 4. The van der Waals surface area contributed by atoms with Gasteiger partial charge in [0.2, 0.25) is 5.95 Å². The SMILES string of the molecule is CC(C)n1c(=O)ccc2cnc(Nc3ccc(N4CCN(C(=O)OC(C)(C)C)CC4)cn3)nc21. The number of carbonyl (C=O) groups excluding carboxylic acids is 1. The summed E-state index contributed by atoms with van der Waals surface area (Å²) in [6.45, 7) is 12.1. The summed E-state index contributed by atoms with van der Waals surface area (Å²) in [6, 6.07) is 7.09. The Bertz CT molecular complexity index is 1220. The van der Waals surface area contributed by atoms with Gasteiger partial charge in [-0.2, -0.15) is 4.98 Å². The maximum Gasteiger partial charge on any atom is 0.410 e. The number of anilines is 3. The summed E-state index contributed by atoms with van der Waals surface area (Å²) in [4.78, 5) is 41.9. The predicted octanol–water partition coefficient (Wildman–Crippen LogP) is 3.57. The quantitative estimate of drug-likeness (QED) is 0.623. The minimum Gasteiger partial charge on any atom is -0.444 e. The van der Waals surface area contributed by atoms with Crippen molar-refractivity contribution < 1.29 is 9.53 Å². The largest absolute Gasteiger partial charge is 0.444 e. The van der Waals surface area contributed by atoms with Crippen LogP contribution in [0.15, 0.2) is 41.5 Å². The van der Waals surface area contributed by atoms with E-state index in [1.165, 1.54) is 6.07 Å². The lowest BCUT2D eigenvalue weighted by atomic mass is 10.2. The van der Waals surface area contributed by atoms with Crippen molar-refractivity contribution in [2.24, 2.45) is 0 Å². The van der Waals surface area contributed by atoms with Crippen LogP contribution in [0.3, 0.4) is 0 Å². The Morgan fingerprint density at radius 1 is 1.03 bits per heavy atom.